The fourth-order valence-corrected chi connectivity index (χ4v) is 3.33. The van der Waals surface area contributed by atoms with Crippen LogP contribution in [0.15, 0.2) is 47.4 Å². The van der Waals surface area contributed by atoms with Crippen LogP contribution in [0, 0.1) is 6.92 Å². The summed E-state index contributed by atoms with van der Waals surface area (Å²) in [6.07, 6.45) is 2.17. The van der Waals surface area contributed by atoms with Crippen molar-refractivity contribution >= 4 is 5.97 Å². The summed E-state index contributed by atoms with van der Waals surface area (Å²) in [5.74, 6) is -0.565. The van der Waals surface area contributed by atoms with Crippen molar-refractivity contribution in [3.05, 3.63) is 58.6 Å². The predicted octanol–water partition coefficient (Wildman–Crippen LogP) is 3.40. The smallest absolute Gasteiger partial charge is 0.332 e. The lowest BCUT2D eigenvalue weighted by molar-refractivity contribution is -0.133. The highest BCUT2D eigenvalue weighted by Crippen LogP contribution is 2.46. The van der Waals surface area contributed by atoms with Crippen LogP contribution < -0.4 is 0 Å². The maximum Gasteiger partial charge on any atom is 0.332 e. The molecule has 0 aliphatic heterocycles. The third kappa shape index (κ3) is 2.80. The summed E-state index contributed by atoms with van der Waals surface area (Å²) >= 11 is 0. The number of methoxy groups -OCH3 is 3. The number of ether oxygens (including phenoxy) is 3. The van der Waals surface area contributed by atoms with Crippen LogP contribution in [0.4, 0.5) is 0 Å². The number of hydrogen-bond donors (Lipinski definition) is 1. The van der Waals surface area contributed by atoms with Crippen molar-refractivity contribution in [1.29, 1.82) is 0 Å². The zero-order chi connectivity index (χ0) is 17.9. The molecule has 0 heterocycles. The van der Waals surface area contributed by atoms with Crippen LogP contribution in [0.1, 0.15) is 30.4 Å². The summed E-state index contributed by atoms with van der Waals surface area (Å²) in [5.41, 5.74) is 1.14. The Labute approximate surface area is 142 Å². The lowest BCUT2D eigenvalue weighted by atomic mass is 9.77. The zero-order valence-electron chi connectivity index (χ0n) is 14.8. The fourth-order valence-electron chi connectivity index (χ4n) is 3.33. The molecular formula is C19H24O5. The summed E-state index contributed by atoms with van der Waals surface area (Å²) in [7, 11) is 4.62. The van der Waals surface area contributed by atoms with Gasteiger partial charge in [-0.25, -0.2) is 4.79 Å². The molecule has 5 nitrogen and oxygen atoms in total. The summed E-state index contributed by atoms with van der Waals surface area (Å²) in [6, 6.07) is 7.67. The van der Waals surface area contributed by atoms with Gasteiger partial charge in [0.25, 0.3) is 0 Å². The quantitative estimate of drug-likeness (QED) is 0.865. The van der Waals surface area contributed by atoms with Crippen LogP contribution in [0.2, 0.25) is 0 Å². The Morgan fingerprint density at radius 2 is 1.88 bits per heavy atom. The number of allylic oxidation sites excluding steroid dienone is 1. The van der Waals surface area contributed by atoms with E-state index in [0.29, 0.717) is 17.9 Å². The molecule has 1 aliphatic carbocycles. The SMILES string of the molecule is CCC1(OC)C=C(C(=O)O)C(c2ccccc2C)C(OC)=C1OC. The van der Waals surface area contributed by atoms with Crippen molar-refractivity contribution in [3.63, 3.8) is 0 Å². The van der Waals surface area contributed by atoms with Gasteiger partial charge in [0.1, 0.15) is 11.4 Å². The van der Waals surface area contributed by atoms with Gasteiger partial charge in [-0.05, 0) is 30.5 Å². The number of hydrogen-bond acceptors (Lipinski definition) is 4. The first-order valence-electron chi connectivity index (χ1n) is 7.85. The van der Waals surface area contributed by atoms with Crippen molar-refractivity contribution < 1.29 is 24.1 Å². The molecule has 0 bridgehead atoms. The second-order valence-electron chi connectivity index (χ2n) is 5.74. The highest BCUT2D eigenvalue weighted by Gasteiger charge is 2.45. The molecule has 130 valence electrons. The Morgan fingerprint density at radius 3 is 2.33 bits per heavy atom. The van der Waals surface area contributed by atoms with E-state index in [1.165, 1.54) is 7.11 Å². The minimum absolute atomic E-state index is 0.227. The van der Waals surface area contributed by atoms with E-state index >= 15 is 0 Å². The van der Waals surface area contributed by atoms with Crippen LogP contribution in [0.5, 0.6) is 0 Å². The van der Waals surface area contributed by atoms with Crippen LogP contribution in [0.25, 0.3) is 0 Å². The average molecular weight is 332 g/mol. The van der Waals surface area contributed by atoms with E-state index in [-0.39, 0.29) is 5.57 Å². The molecule has 0 fully saturated rings. The molecular weight excluding hydrogens is 308 g/mol. The second kappa shape index (κ2) is 7.09. The van der Waals surface area contributed by atoms with E-state index in [2.05, 4.69) is 0 Å². The zero-order valence-corrected chi connectivity index (χ0v) is 14.8. The third-order valence-electron chi connectivity index (χ3n) is 4.63. The molecule has 0 amide bonds. The van der Waals surface area contributed by atoms with Gasteiger partial charge in [0, 0.05) is 7.11 Å². The van der Waals surface area contributed by atoms with Gasteiger partial charge in [-0.15, -0.1) is 0 Å². The Hall–Kier alpha value is -2.27. The van der Waals surface area contributed by atoms with E-state index in [1.54, 1.807) is 20.3 Å². The van der Waals surface area contributed by atoms with Gasteiger partial charge in [0.15, 0.2) is 5.76 Å². The van der Waals surface area contributed by atoms with Gasteiger partial charge in [0.2, 0.25) is 0 Å². The Bertz CT molecular complexity index is 683. The molecule has 0 spiro atoms. The third-order valence-corrected chi connectivity index (χ3v) is 4.63. The van der Waals surface area contributed by atoms with Gasteiger partial charge in [0.05, 0.1) is 25.7 Å². The minimum Gasteiger partial charge on any atom is -0.496 e. The molecule has 1 aliphatic rings. The number of aryl methyl sites for hydroxylation is 1. The maximum absolute atomic E-state index is 12.0. The molecule has 1 N–H and O–H groups in total. The highest BCUT2D eigenvalue weighted by atomic mass is 16.5. The molecule has 1 aromatic rings. The van der Waals surface area contributed by atoms with Crippen LogP contribution in [-0.4, -0.2) is 38.0 Å². The number of aliphatic carboxylic acids is 1. The summed E-state index contributed by atoms with van der Waals surface area (Å²) in [6.45, 7) is 3.87. The monoisotopic (exact) mass is 332 g/mol. The summed E-state index contributed by atoms with van der Waals surface area (Å²) in [4.78, 5) is 12.0. The van der Waals surface area contributed by atoms with Crippen LogP contribution >= 0.6 is 0 Å². The molecule has 2 unspecified atom stereocenters. The molecule has 2 atom stereocenters. The van der Waals surface area contributed by atoms with Crippen LogP contribution in [0.3, 0.4) is 0 Å². The van der Waals surface area contributed by atoms with Gasteiger partial charge < -0.3 is 19.3 Å². The number of carboxylic acid groups (broad SMARTS) is 1. The predicted molar refractivity (Wildman–Crippen MR) is 90.7 cm³/mol. The van der Waals surface area contributed by atoms with Gasteiger partial charge in [-0.2, -0.15) is 0 Å². The maximum atomic E-state index is 12.0. The lowest BCUT2D eigenvalue weighted by Gasteiger charge is -2.38. The molecule has 5 heteroatoms. The van der Waals surface area contributed by atoms with Crippen molar-refractivity contribution in [1.82, 2.24) is 0 Å². The highest BCUT2D eigenvalue weighted by molar-refractivity contribution is 5.90. The number of rotatable bonds is 6. The largest absolute Gasteiger partial charge is 0.496 e. The fraction of sp³-hybridized carbons (Fsp3) is 0.421. The van der Waals surface area contributed by atoms with Crippen molar-refractivity contribution in [3.8, 4) is 0 Å². The average Bonchev–Trinajstić information content (AvgIpc) is 2.60. The van der Waals surface area contributed by atoms with Crippen molar-refractivity contribution in [2.75, 3.05) is 21.3 Å². The standard InChI is InChI=1S/C19H24O5/c1-6-19(24-5)11-14(18(20)21)15(16(22-3)17(19)23-4)13-10-8-7-9-12(13)2/h7-11,15H,6H2,1-5H3,(H,20,21). The first kappa shape index (κ1) is 18.1. The van der Waals surface area contributed by atoms with Crippen molar-refractivity contribution in [2.24, 2.45) is 0 Å². The topological polar surface area (TPSA) is 65.0 Å². The summed E-state index contributed by atoms with van der Waals surface area (Å²) < 4.78 is 16.9. The molecule has 0 aromatic heterocycles. The van der Waals surface area contributed by atoms with Gasteiger partial charge in [-0.1, -0.05) is 31.2 Å². The van der Waals surface area contributed by atoms with E-state index in [4.69, 9.17) is 14.2 Å². The molecule has 1 aromatic carbocycles. The van der Waals surface area contributed by atoms with E-state index in [0.717, 1.165) is 11.1 Å². The Morgan fingerprint density at radius 1 is 1.21 bits per heavy atom. The van der Waals surface area contributed by atoms with Crippen LogP contribution in [-0.2, 0) is 19.0 Å². The van der Waals surface area contributed by atoms with E-state index in [1.807, 2.05) is 38.1 Å². The summed E-state index contributed by atoms with van der Waals surface area (Å²) in [5, 5.41) is 9.81. The molecule has 24 heavy (non-hydrogen) atoms. The van der Waals surface area contributed by atoms with Gasteiger partial charge >= 0.3 is 5.97 Å². The van der Waals surface area contributed by atoms with E-state index < -0.39 is 17.5 Å². The molecule has 0 saturated carbocycles. The minimum atomic E-state index is -0.997. The lowest BCUT2D eigenvalue weighted by Crippen LogP contribution is -2.39. The second-order valence-corrected chi connectivity index (χ2v) is 5.74. The first-order valence-corrected chi connectivity index (χ1v) is 7.85. The molecule has 2 rings (SSSR count). The number of benzene rings is 1. The normalized spacial score (nSPS) is 23.7. The Kier molecular flexibility index (Phi) is 5.34. The van der Waals surface area contributed by atoms with Gasteiger partial charge in [-0.3, -0.25) is 0 Å². The Balaban J connectivity index is 2.79. The molecule has 0 saturated heterocycles. The first-order chi connectivity index (χ1) is 11.5. The van der Waals surface area contributed by atoms with Crippen molar-refractivity contribution in [2.45, 2.75) is 31.8 Å². The number of carboxylic acids is 1. The molecule has 0 radical (unpaired) electrons. The number of carbonyl (C=O) groups is 1. The van der Waals surface area contributed by atoms with E-state index in [9.17, 15) is 9.90 Å².